The molecule has 0 aliphatic carbocycles. The highest BCUT2D eigenvalue weighted by Gasteiger charge is 2.57. The van der Waals surface area contributed by atoms with Crippen molar-refractivity contribution in [3.05, 3.63) is 18.6 Å². The van der Waals surface area contributed by atoms with Crippen molar-refractivity contribution >= 4 is 35.2 Å². The van der Waals surface area contributed by atoms with Gasteiger partial charge < -0.3 is 15.4 Å². The minimum atomic E-state index is -1.58. The van der Waals surface area contributed by atoms with Crippen LogP contribution < -0.4 is 20.0 Å². The van der Waals surface area contributed by atoms with Crippen molar-refractivity contribution in [1.82, 2.24) is 14.6 Å². The van der Waals surface area contributed by atoms with E-state index in [1.807, 2.05) is 0 Å². The second-order valence-electron chi connectivity index (χ2n) is 5.06. The monoisotopic (exact) mass is 325 g/mol. The Kier molecular flexibility index (Phi) is 4.08. The topological polar surface area (TPSA) is 93.7 Å². The molecule has 0 aromatic carbocycles. The van der Waals surface area contributed by atoms with Crippen molar-refractivity contribution in [2.24, 2.45) is 10.8 Å². The first-order chi connectivity index (χ1) is 10.3. The molecule has 2 heterocycles. The molecule has 0 fully saturated rings. The van der Waals surface area contributed by atoms with Crippen LogP contribution in [0, 0.1) is 0 Å². The minimum Gasteiger partial charge on any atom is -0.477 e. The molecule has 2 N–H and O–H groups in total. The highest BCUT2D eigenvalue weighted by Crippen LogP contribution is 2.47. The van der Waals surface area contributed by atoms with Gasteiger partial charge in [0.05, 0.1) is 13.3 Å². The Morgan fingerprint density at radius 3 is 2.59 bits per heavy atom. The molecular weight excluding hydrogens is 308 g/mol. The Morgan fingerprint density at radius 2 is 2.14 bits per heavy atom. The third kappa shape index (κ3) is 2.20. The maximum Gasteiger partial charge on any atom is 0.298 e. The summed E-state index contributed by atoms with van der Waals surface area (Å²) >= 11 is 6.48. The summed E-state index contributed by atoms with van der Waals surface area (Å²) in [6.45, 7) is 1.50. The lowest BCUT2D eigenvalue weighted by molar-refractivity contribution is -0.123. The summed E-state index contributed by atoms with van der Waals surface area (Å²) < 4.78 is 4.92. The molecule has 2 atom stereocenters. The van der Waals surface area contributed by atoms with Crippen LogP contribution in [-0.2, 0) is 4.79 Å². The summed E-state index contributed by atoms with van der Waals surface area (Å²) in [5.74, 6) is 0.0488. The number of ether oxygens (including phenoxy) is 1. The van der Waals surface area contributed by atoms with Crippen molar-refractivity contribution in [1.29, 1.82) is 0 Å². The van der Waals surface area contributed by atoms with Gasteiger partial charge in [0.25, 0.3) is 22.5 Å². The van der Waals surface area contributed by atoms with Gasteiger partial charge >= 0.3 is 0 Å². The van der Waals surface area contributed by atoms with Crippen LogP contribution >= 0.6 is 11.6 Å². The van der Waals surface area contributed by atoms with Gasteiger partial charge in [0, 0.05) is 27.1 Å². The summed E-state index contributed by atoms with van der Waals surface area (Å²) in [4.78, 5) is 20.5. The first-order valence-electron chi connectivity index (χ1n) is 6.46. The largest absolute Gasteiger partial charge is 0.477 e. The molecule has 0 saturated carbocycles. The normalized spacial score (nSPS) is 22.4. The first kappa shape index (κ1) is 16.2. The van der Waals surface area contributed by atoms with Crippen LogP contribution in [0.5, 0.6) is 5.88 Å². The van der Waals surface area contributed by atoms with E-state index < -0.39 is 15.5 Å². The number of anilines is 1. The molecule has 0 bridgehead atoms. The van der Waals surface area contributed by atoms with E-state index in [1.165, 1.54) is 26.6 Å². The zero-order chi connectivity index (χ0) is 16.5. The molecule has 1 aromatic rings. The molecule has 9 heteroatoms. The fourth-order valence-corrected chi connectivity index (χ4v) is 2.42. The minimum absolute atomic E-state index is 0.260. The number of alkyl halides is 1. The lowest BCUT2D eigenvalue weighted by Gasteiger charge is -2.37. The molecule has 118 valence electrons. The zero-order valence-electron chi connectivity index (χ0n) is 12.8. The van der Waals surface area contributed by atoms with Crippen molar-refractivity contribution in [2.75, 3.05) is 26.1 Å². The fourth-order valence-electron chi connectivity index (χ4n) is 2.23. The zero-order valence-corrected chi connectivity index (χ0v) is 13.6. The highest BCUT2D eigenvalue weighted by molar-refractivity contribution is 6.35. The van der Waals surface area contributed by atoms with Gasteiger partial charge in [-0.25, -0.2) is 4.98 Å². The number of carbonyl (C=O) groups excluding carboxylic acids is 1. The quantitative estimate of drug-likeness (QED) is 0.491. The van der Waals surface area contributed by atoms with Gasteiger partial charge in [-0.05, 0) is 11.6 Å². The van der Waals surface area contributed by atoms with Gasteiger partial charge in [-0.1, -0.05) is 5.10 Å². The van der Waals surface area contributed by atoms with Crippen molar-refractivity contribution in [2.45, 2.75) is 11.9 Å². The lowest BCUT2D eigenvalue weighted by Crippen LogP contribution is -2.60. The van der Waals surface area contributed by atoms with E-state index in [0.29, 0.717) is 11.5 Å². The predicted octanol–water partition coefficient (Wildman–Crippen LogP) is 0.812. The number of methoxy groups -OCH3 is 1. The van der Waals surface area contributed by atoms with Gasteiger partial charge in [-0.3, -0.25) is 4.79 Å². The highest BCUT2D eigenvalue weighted by atomic mass is 35.5. The number of hydrogen-bond donors (Lipinski definition) is 1. The molecule has 0 spiro atoms. The van der Waals surface area contributed by atoms with Gasteiger partial charge in [-0.2, -0.15) is 4.98 Å². The summed E-state index contributed by atoms with van der Waals surface area (Å²) in [7, 11) is 5.09. The van der Waals surface area contributed by atoms with Crippen LogP contribution in [-0.4, -0.2) is 48.3 Å². The smallest absolute Gasteiger partial charge is 0.298 e. The van der Waals surface area contributed by atoms with Gasteiger partial charge in [0.1, 0.15) is 12.5 Å². The Balaban J connectivity index is 2.84. The van der Waals surface area contributed by atoms with E-state index in [-0.39, 0.29) is 5.88 Å². The molecule has 1 aliphatic rings. The van der Waals surface area contributed by atoms with Crippen molar-refractivity contribution < 1.29 is 9.53 Å². The number of nitrogens with zero attached hydrogens (tertiary/aromatic N) is 5. The molecule has 0 saturated heterocycles. The Hall–Kier alpha value is -2.19. The Labute approximate surface area is 133 Å². The van der Waals surface area contributed by atoms with Crippen LogP contribution in [0.2, 0.25) is 0 Å². The predicted molar refractivity (Wildman–Crippen MR) is 85.8 cm³/mol. The van der Waals surface area contributed by atoms with Gasteiger partial charge in [-0.15, -0.1) is 4.59 Å². The van der Waals surface area contributed by atoms with Crippen LogP contribution in [0.15, 0.2) is 23.7 Å². The number of rotatable bonds is 5. The molecule has 2 unspecified atom stereocenters. The number of allylic oxidation sites excluding steroid dienone is 1. The molecule has 1 aliphatic heterocycles. The molecular formula is C13H18ClN6O2+. The van der Waals surface area contributed by atoms with Crippen LogP contribution in [0.3, 0.4) is 0 Å². The number of hydrogen-bond acceptors (Lipinski definition) is 6. The fraction of sp³-hybridized carbons (Fsp3) is 0.385. The van der Waals surface area contributed by atoms with E-state index in [4.69, 9.17) is 22.1 Å². The Morgan fingerprint density at radius 1 is 1.45 bits per heavy atom. The van der Waals surface area contributed by atoms with Crippen LogP contribution in [0.25, 0.3) is 0 Å². The van der Waals surface area contributed by atoms with Crippen LogP contribution in [0.1, 0.15) is 6.92 Å². The SMILES string of the molecule is COc1ncnc(N(C)C)c1[N+]1(C(C)(Cl)C(N)=O)C=CC=N1. The summed E-state index contributed by atoms with van der Waals surface area (Å²) in [5.41, 5.74) is 5.93. The maximum absolute atomic E-state index is 11.9. The molecule has 0 radical (unpaired) electrons. The standard InChI is InChI=1S/C13H17ClN6O2/c1-13(14,12(15)21)20(7-5-6-18-20)9-10(19(2)3)16-8-17-11(9)22-4/h5-8H,1-4H3,(H-,15,21)/p+1. The van der Waals surface area contributed by atoms with Crippen LogP contribution in [0.4, 0.5) is 11.5 Å². The van der Waals surface area contributed by atoms with E-state index in [2.05, 4.69) is 15.1 Å². The van der Waals surface area contributed by atoms with Gasteiger partial charge in [0.2, 0.25) is 5.82 Å². The number of nitrogens with two attached hydrogens (primary N) is 1. The number of halogens is 1. The summed E-state index contributed by atoms with van der Waals surface area (Å²) in [5, 5.41) is 4.36. The third-order valence-corrected chi connectivity index (χ3v) is 3.90. The first-order valence-corrected chi connectivity index (χ1v) is 6.83. The van der Waals surface area contributed by atoms with Gasteiger partial charge in [0.15, 0.2) is 0 Å². The molecule has 8 nitrogen and oxygen atoms in total. The van der Waals surface area contributed by atoms with E-state index >= 15 is 0 Å². The number of quaternary nitrogens is 1. The number of carbonyl (C=O) groups is 1. The molecule has 1 amide bonds. The summed E-state index contributed by atoms with van der Waals surface area (Å²) in [6.07, 6.45) is 6.23. The molecule has 2 rings (SSSR count). The van der Waals surface area contributed by atoms with Crippen molar-refractivity contribution in [3.8, 4) is 5.88 Å². The lowest BCUT2D eigenvalue weighted by atomic mass is 10.2. The molecule has 22 heavy (non-hydrogen) atoms. The average molecular weight is 326 g/mol. The second-order valence-corrected chi connectivity index (χ2v) is 5.79. The average Bonchev–Trinajstić information content (AvgIpc) is 2.97. The molecule has 1 aromatic heterocycles. The van der Waals surface area contributed by atoms with Crippen molar-refractivity contribution in [3.63, 3.8) is 0 Å². The summed E-state index contributed by atoms with van der Waals surface area (Å²) in [6, 6.07) is 0. The number of aromatic nitrogens is 2. The Bertz CT molecular complexity index is 644. The van der Waals surface area contributed by atoms with E-state index in [0.717, 1.165) is 0 Å². The maximum atomic E-state index is 11.9. The second kappa shape index (κ2) is 5.54. The number of primary amides is 1. The van der Waals surface area contributed by atoms with E-state index in [9.17, 15) is 4.79 Å². The number of amides is 1. The third-order valence-electron chi connectivity index (χ3n) is 3.45. The van der Waals surface area contributed by atoms with E-state index in [1.54, 1.807) is 31.3 Å².